The van der Waals surface area contributed by atoms with Crippen molar-refractivity contribution in [3.8, 4) is 0 Å². The van der Waals surface area contributed by atoms with Gasteiger partial charge >= 0.3 is 0 Å². The Bertz CT molecular complexity index is 308. The zero-order chi connectivity index (χ0) is 12.7. The van der Waals surface area contributed by atoms with Crippen LogP contribution in [-0.2, 0) is 6.54 Å². The van der Waals surface area contributed by atoms with Crippen LogP contribution in [0.3, 0.4) is 0 Å². The lowest BCUT2D eigenvalue weighted by molar-refractivity contribution is -0.317. The van der Waals surface area contributed by atoms with E-state index < -0.39 is 5.97 Å². The van der Waals surface area contributed by atoms with E-state index in [1.54, 1.807) is 0 Å². The SMILES string of the molecule is CCCCN(Cc1ccccc1)CC(O)(O)O. The fraction of sp³-hybridized carbons (Fsp3) is 0.538. The molecule has 0 radical (unpaired) electrons. The fourth-order valence-electron chi connectivity index (χ4n) is 1.74. The summed E-state index contributed by atoms with van der Waals surface area (Å²) in [6, 6.07) is 9.78. The molecule has 0 unspecified atom stereocenters. The molecule has 0 spiro atoms. The highest BCUT2D eigenvalue weighted by molar-refractivity contribution is 5.14. The largest absolute Gasteiger partial charge is 0.343 e. The highest BCUT2D eigenvalue weighted by Crippen LogP contribution is 2.08. The van der Waals surface area contributed by atoms with Gasteiger partial charge in [0.1, 0.15) is 0 Å². The quantitative estimate of drug-likeness (QED) is 0.619. The van der Waals surface area contributed by atoms with Crippen molar-refractivity contribution in [2.24, 2.45) is 0 Å². The highest BCUT2D eigenvalue weighted by atomic mass is 16.7. The van der Waals surface area contributed by atoms with Gasteiger partial charge < -0.3 is 15.3 Å². The van der Waals surface area contributed by atoms with Gasteiger partial charge in [-0.15, -0.1) is 0 Å². The maximum atomic E-state index is 9.03. The van der Waals surface area contributed by atoms with E-state index in [0.29, 0.717) is 6.54 Å². The minimum atomic E-state index is -2.62. The summed E-state index contributed by atoms with van der Waals surface area (Å²) in [6.45, 7) is 3.24. The van der Waals surface area contributed by atoms with E-state index in [9.17, 15) is 0 Å². The van der Waals surface area contributed by atoms with Crippen molar-refractivity contribution in [3.63, 3.8) is 0 Å². The van der Waals surface area contributed by atoms with Crippen molar-refractivity contribution in [2.45, 2.75) is 32.3 Å². The summed E-state index contributed by atoms with van der Waals surface area (Å²) < 4.78 is 0. The molecule has 0 aliphatic heterocycles. The summed E-state index contributed by atoms with van der Waals surface area (Å²) >= 11 is 0. The Kier molecular flexibility index (Phi) is 5.58. The Labute approximate surface area is 102 Å². The molecule has 0 saturated heterocycles. The molecule has 3 N–H and O–H groups in total. The molecule has 0 aromatic heterocycles. The first-order chi connectivity index (χ1) is 8.01. The number of aliphatic hydroxyl groups is 3. The van der Waals surface area contributed by atoms with Crippen LogP contribution in [0.25, 0.3) is 0 Å². The third kappa shape index (κ3) is 6.38. The Morgan fingerprint density at radius 2 is 1.76 bits per heavy atom. The van der Waals surface area contributed by atoms with Gasteiger partial charge in [0.15, 0.2) is 0 Å². The van der Waals surface area contributed by atoms with Crippen LogP contribution in [0.2, 0.25) is 0 Å². The van der Waals surface area contributed by atoms with Crippen molar-refractivity contribution >= 4 is 0 Å². The minimum Gasteiger partial charge on any atom is -0.343 e. The second-order valence-electron chi connectivity index (χ2n) is 4.32. The Balaban J connectivity index is 2.57. The van der Waals surface area contributed by atoms with E-state index in [2.05, 4.69) is 6.92 Å². The van der Waals surface area contributed by atoms with Gasteiger partial charge in [0.25, 0.3) is 5.97 Å². The first-order valence-electron chi connectivity index (χ1n) is 5.94. The van der Waals surface area contributed by atoms with E-state index in [-0.39, 0.29) is 6.54 Å². The molecule has 4 nitrogen and oxygen atoms in total. The van der Waals surface area contributed by atoms with Crippen LogP contribution >= 0.6 is 0 Å². The van der Waals surface area contributed by atoms with E-state index >= 15 is 0 Å². The van der Waals surface area contributed by atoms with Gasteiger partial charge in [-0.1, -0.05) is 43.7 Å². The monoisotopic (exact) mass is 239 g/mol. The Morgan fingerprint density at radius 3 is 2.29 bits per heavy atom. The van der Waals surface area contributed by atoms with Crippen molar-refractivity contribution < 1.29 is 15.3 Å². The number of rotatable bonds is 7. The van der Waals surface area contributed by atoms with Crippen molar-refractivity contribution in [2.75, 3.05) is 13.1 Å². The van der Waals surface area contributed by atoms with E-state index in [4.69, 9.17) is 15.3 Å². The minimum absolute atomic E-state index is 0.165. The van der Waals surface area contributed by atoms with Crippen LogP contribution < -0.4 is 0 Å². The molecule has 0 fully saturated rings. The third-order valence-electron chi connectivity index (χ3n) is 2.51. The third-order valence-corrected chi connectivity index (χ3v) is 2.51. The highest BCUT2D eigenvalue weighted by Gasteiger charge is 2.22. The molecule has 0 aliphatic carbocycles. The maximum absolute atomic E-state index is 9.03. The summed E-state index contributed by atoms with van der Waals surface area (Å²) in [4.78, 5) is 1.83. The van der Waals surface area contributed by atoms with Crippen LogP contribution in [-0.4, -0.2) is 39.3 Å². The molecule has 0 aliphatic rings. The standard InChI is InChI=1S/C13H21NO3/c1-2-3-9-14(11-13(15,16)17)10-12-7-5-4-6-8-12/h4-8,15-17H,2-3,9-11H2,1H3. The normalized spacial score (nSPS) is 12.1. The van der Waals surface area contributed by atoms with Crippen molar-refractivity contribution in [3.05, 3.63) is 35.9 Å². The van der Waals surface area contributed by atoms with Gasteiger partial charge in [0.2, 0.25) is 0 Å². The Morgan fingerprint density at radius 1 is 1.12 bits per heavy atom. The lowest BCUT2D eigenvalue weighted by Gasteiger charge is -2.26. The topological polar surface area (TPSA) is 63.9 Å². The molecule has 0 amide bonds. The lowest BCUT2D eigenvalue weighted by Crippen LogP contribution is -2.42. The predicted octanol–water partition coefficient (Wildman–Crippen LogP) is 0.919. The van der Waals surface area contributed by atoms with Gasteiger partial charge in [0.05, 0.1) is 6.54 Å². The van der Waals surface area contributed by atoms with Gasteiger partial charge in [-0.2, -0.15) is 0 Å². The number of benzene rings is 1. The molecule has 0 bridgehead atoms. The number of unbranched alkanes of at least 4 members (excludes halogenated alkanes) is 1. The number of hydrogen-bond donors (Lipinski definition) is 3. The smallest absolute Gasteiger partial charge is 0.288 e. The molecular formula is C13H21NO3. The summed E-state index contributed by atoms with van der Waals surface area (Å²) in [7, 11) is 0. The molecular weight excluding hydrogens is 218 g/mol. The molecule has 0 atom stereocenters. The summed E-state index contributed by atoms with van der Waals surface area (Å²) in [6.07, 6.45) is 1.99. The molecule has 1 aromatic rings. The van der Waals surface area contributed by atoms with Gasteiger partial charge in [-0.3, -0.25) is 4.90 Å². The second-order valence-corrected chi connectivity index (χ2v) is 4.32. The van der Waals surface area contributed by atoms with Gasteiger partial charge in [-0.05, 0) is 18.5 Å². The zero-order valence-corrected chi connectivity index (χ0v) is 10.2. The Hall–Kier alpha value is -0.940. The molecule has 0 saturated carbocycles. The average Bonchev–Trinajstić information content (AvgIpc) is 2.25. The number of nitrogens with zero attached hydrogens (tertiary/aromatic N) is 1. The van der Waals surface area contributed by atoms with E-state index in [1.807, 2.05) is 35.2 Å². The molecule has 1 aromatic carbocycles. The fourth-order valence-corrected chi connectivity index (χ4v) is 1.74. The second kappa shape index (κ2) is 6.71. The zero-order valence-electron chi connectivity index (χ0n) is 10.2. The predicted molar refractivity (Wildman–Crippen MR) is 66.0 cm³/mol. The van der Waals surface area contributed by atoms with E-state index in [1.165, 1.54) is 0 Å². The van der Waals surface area contributed by atoms with Crippen LogP contribution in [0.4, 0.5) is 0 Å². The summed E-state index contributed by atoms with van der Waals surface area (Å²) in [5, 5.41) is 27.1. The molecule has 96 valence electrons. The summed E-state index contributed by atoms with van der Waals surface area (Å²) in [5.74, 6) is -2.62. The lowest BCUT2D eigenvalue weighted by atomic mass is 10.2. The average molecular weight is 239 g/mol. The maximum Gasteiger partial charge on any atom is 0.288 e. The van der Waals surface area contributed by atoms with Crippen LogP contribution in [0.1, 0.15) is 25.3 Å². The number of hydrogen-bond acceptors (Lipinski definition) is 4. The van der Waals surface area contributed by atoms with Crippen molar-refractivity contribution in [1.29, 1.82) is 0 Å². The van der Waals surface area contributed by atoms with Gasteiger partial charge in [0, 0.05) is 6.54 Å². The van der Waals surface area contributed by atoms with Gasteiger partial charge in [-0.25, -0.2) is 0 Å². The van der Waals surface area contributed by atoms with Crippen LogP contribution in [0.5, 0.6) is 0 Å². The molecule has 4 heteroatoms. The first kappa shape index (κ1) is 14.1. The molecule has 17 heavy (non-hydrogen) atoms. The molecule has 1 rings (SSSR count). The summed E-state index contributed by atoms with van der Waals surface area (Å²) in [5.41, 5.74) is 1.09. The van der Waals surface area contributed by atoms with Crippen LogP contribution in [0.15, 0.2) is 30.3 Å². The van der Waals surface area contributed by atoms with Crippen LogP contribution in [0, 0.1) is 0 Å². The molecule has 0 heterocycles. The first-order valence-corrected chi connectivity index (χ1v) is 5.94. The van der Waals surface area contributed by atoms with E-state index in [0.717, 1.165) is 24.9 Å². The van der Waals surface area contributed by atoms with Crippen molar-refractivity contribution in [1.82, 2.24) is 4.90 Å².